The minimum Gasteiger partial charge on any atom is -0.465 e. The van der Waals surface area contributed by atoms with Crippen LogP contribution in [0.3, 0.4) is 0 Å². The van der Waals surface area contributed by atoms with Gasteiger partial charge in [0.05, 0.1) is 13.0 Å². The molecule has 19 heavy (non-hydrogen) atoms. The molecule has 0 N–H and O–H groups in total. The summed E-state index contributed by atoms with van der Waals surface area (Å²) in [7, 11) is 1.49. The lowest BCUT2D eigenvalue weighted by molar-refractivity contribution is -0.143. The highest BCUT2D eigenvalue weighted by atomic mass is 35.7. The first-order chi connectivity index (χ1) is 8.58. The van der Waals surface area contributed by atoms with Crippen LogP contribution < -0.4 is 0 Å². The van der Waals surface area contributed by atoms with Gasteiger partial charge in [-0.25, -0.2) is 8.42 Å². The Kier molecular flexibility index (Phi) is 5.41. The van der Waals surface area contributed by atoms with Crippen LogP contribution in [0.2, 0.25) is 0 Å². The van der Waals surface area contributed by atoms with Crippen LogP contribution in [0, 0.1) is 5.41 Å². The van der Waals surface area contributed by atoms with E-state index in [1.807, 2.05) is 0 Å². The van der Waals surface area contributed by atoms with Gasteiger partial charge in [0.2, 0.25) is 0 Å². The van der Waals surface area contributed by atoms with Gasteiger partial charge in [0.15, 0.2) is 0 Å². The van der Waals surface area contributed by atoms with Crippen LogP contribution in [0.15, 0.2) is 16.3 Å². The van der Waals surface area contributed by atoms with Gasteiger partial charge in [-0.1, -0.05) is 20.8 Å². The van der Waals surface area contributed by atoms with Gasteiger partial charge in [-0.2, -0.15) is 0 Å². The number of esters is 1. The molecule has 0 unspecified atom stereocenters. The molecule has 4 nitrogen and oxygen atoms in total. The third-order valence-corrected chi connectivity index (χ3v) is 5.49. The summed E-state index contributed by atoms with van der Waals surface area (Å²) in [6.45, 7) is 6.57. The number of halogens is 1. The molecule has 1 aromatic rings. The molecule has 0 spiro atoms. The molecule has 0 radical (unpaired) electrons. The molecular formula is C12H17ClO4S2. The maximum atomic E-state index is 11.6. The Labute approximate surface area is 122 Å². The van der Waals surface area contributed by atoms with Crippen LogP contribution in [-0.4, -0.2) is 21.0 Å². The summed E-state index contributed by atoms with van der Waals surface area (Å²) in [5.41, 5.74) is 0.114. The van der Waals surface area contributed by atoms with Crippen molar-refractivity contribution < 1.29 is 17.9 Å². The Bertz CT molecular complexity index is 540. The molecule has 0 bridgehead atoms. The Morgan fingerprint density at radius 2 is 2.00 bits per heavy atom. The van der Waals surface area contributed by atoms with Crippen molar-refractivity contribution >= 4 is 37.0 Å². The van der Waals surface area contributed by atoms with Crippen molar-refractivity contribution in [3.8, 4) is 0 Å². The summed E-state index contributed by atoms with van der Waals surface area (Å²) in [6, 6.07) is 2.97. The van der Waals surface area contributed by atoms with Crippen molar-refractivity contribution in [2.75, 3.05) is 6.61 Å². The summed E-state index contributed by atoms with van der Waals surface area (Å²) >= 11 is 0.986. The molecule has 1 rings (SSSR count). The summed E-state index contributed by atoms with van der Waals surface area (Å²) < 4.78 is 27.3. The van der Waals surface area contributed by atoms with Crippen LogP contribution in [-0.2, 0) is 25.0 Å². The third-order valence-electron chi connectivity index (χ3n) is 2.31. The highest BCUT2D eigenvalue weighted by Crippen LogP contribution is 2.25. The van der Waals surface area contributed by atoms with Gasteiger partial charge in [0.25, 0.3) is 9.05 Å². The molecule has 0 aliphatic carbocycles. The topological polar surface area (TPSA) is 60.4 Å². The molecule has 0 aliphatic rings. The molecule has 0 saturated carbocycles. The van der Waals surface area contributed by atoms with Crippen molar-refractivity contribution in [3.05, 3.63) is 17.0 Å². The van der Waals surface area contributed by atoms with Crippen molar-refractivity contribution in [1.29, 1.82) is 0 Å². The summed E-state index contributed by atoms with van der Waals surface area (Å²) in [5, 5.41) is 0. The predicted octanol–water partition coefficient (Wildman–Crippen LogP) is 3.20. The van der Waals surface area contributed by atoms with Crippen LogP contribution in [0.25, 0.3) is 0 Å². The molecule has 0 aromatic carbocycles. The lowest BCUT2D eigenvalue weighted by Gasteiger charge is -2.17. The number of thiophene rings is 1. The number of hydrogen-bond donors (Lipinski definition) is 0. The van der Waals surface area contributed by atoms with E-state index in [9.17, 15) is 13.2 Å². The van der Waals surface area contributed by atoms with Crippen LogP contribution in [0.5, 0.6) is 0 Å². The molecule has 0 aliphatic heterocycles. The highest BCUT2D eigenvalue weighted by Gasteiger charge is 2.16. The van der Waals surface area contributed by atoms with Crippen molar-refractivity contribution in [2.45, 2.75) is 37.8 Å². The van der Waals surface area contributed by atoms with Crippen LogP contribution >= 0.6 is 22.0 Å². The van der Waals surface area contributed by atoms with Gasteiger partial charge in [-0.05, 0) is 24.0 Å². The van der Waals surface area contributed by atoms with E-state index in [1.165, 1.54) is 6.07 Å². The predicted molar refractivity (Wildman–Crippen MR) is 76.1 cm³/mol. The fraction of sp³-hybridized carbons (Fsp3) is 0.583. The smallest absolute Gasteiger partial charge is 0.311 e. The zero-order chi connectivity index (χ0) is 14.7. The normalized spacial score (nSPS) is 12.4. The lowest BCUT2D eigenvalue weighted by Crippen LogP contribution is -2.14. The van der Waals surface area contributed by atoms with E-state index < -0.39 is 9.05 Å². The van der Waals surface area contributed by atoms with Crippen LogP contribution in [0.4, 0.5) is 0 Å². The largest absolute Gasteiger partial charge is 0.465 e. The molecule has 0 amide bonds. The first kappa shape index (κ1) is 16.5. The van der Waals surface area contributed by atoms with Crippen molar-refractivity contribution in [1.82, 2.24) is 0 Å². The SMILES string of the molecule is CC(C)(C)CCOC(=O)Cc1ccc(S(=O)(=O)Cl)s1. The van der Waals surface area contributed by atoms with E-state index in [-0.39, 0.29) is 22.0 Å². The van der Waals surface area contributed by atoms with Crippen LogP contribution in [0.1, 0.15) is 32.1 Å². The lowest BCUT2D eigenvalue weighted by atomic mass is 9.93. The number of carbonyl (C=O) groups is 1. The zero-order valence-electron chi connectivity index (χ0n) is 11.1. The van der Waals surface area contributed by atoms with E-state index >= 15 is 0 Å². The third kappa shape index (κ3) is 6.40. The Morgan fingerprint density at radius 1 is 1.37 bits per heavy atom. The molecule has 0 saturated heterocycles. The Balaban J connectivity index is 2.47. The van der Waals surface area contributed by atoms with E-state index in [2.05, 4.69) is 20.8 Å². The molecule has 7 heteroatoms. The first-order valence-electron chi connectivity index (χ1n) is 5.77. The molecule has 1 heterocycles. The zero-order valence-corrected chi connectivity index (χ0v) is 13.5. The monoisotopic (exact) mass is 324 g/mol. The van der Waals surface area contributed by atoms with Gasteiger partial charge in [0, 0.05) is 15.6 Å². The molecule has 1 aromatic heterocycles. The quantitative estimate of drug-likeness (QED) is 0.616. The average molecular weight is 325 g/mol. The Hall–Kier alpha value is -0.590. The second-order valence-corrected chi connectivity index (χ2v) is 9.33. The van der Waals surface area contributed by atoms with E-state index in [0.29, 0.717) is 11.5 Å². The maximum absolute atomic E-state index is 11.6. The Morgan fingerprint density at radius 3 is 2.47 bits per heavy atom. The fourth-order valence-electron chi connectivity index (χ4n) is 1.25. The second-order valence-electron chi connectivity index (χ2n) is 5.37. The summed E-state index contributed by atoms with van der Waals surface area (Å²) in [4.78, 5) is 12.2. The van der Waals surface area contributed by atoms with Crippen molar-refractivity contribution in [3.63, 3.8) is 0 Å². The van der Waals surface area contributed by atoms with Gasteiger partial charge in [-0.15, -0.1) is 11.3 Å². The summed E-state index contributed by atoms with van der Waals surface area (Å²) in [6.07, 6.45) is 0.853. The van der Waals surface area contributed by atoms with E-state index in [1.54, 1.807) is 6.07 Å². The molecule has 108 valence electrons. The highest BCUT2D eigenvalue weighted by molar-refractivity contribution is 8.15. The van der Waals surface area contributed by atoms with Crippen molar-refractivity contribution in [2.24, 2.45) is 5.41 Å². The number of carbonyl (C=O) groups excluding carboxylic acids is 1. The molecular weight excluding hydrogens is 308 g/mol. The first-order valence-corrected chi connectivity index (χ1v) is 8.89. The standard InChI is InChI=1S/C12H17ClO4S2/c1-12(2,3)6-7-17-10(14)8-9-4-5-11(18-9)19(13,15)16/h4-5H,6-8H2,1-3H3. The maximum Gasteiger partial charge on any atom is 0.311 e. The second kappa shape index (κ2) is 6.24. The average Bonchev–Trinajstić information content (AvgIpc) is 2.63. The van der Waals surface area contributed by atoms with E-state index in [0.717, 1.165) is 17.8 Å². The fourth-order valence-corrected chi connectivity index (χ4v) is 3.36. The number of ether oxygens (including phenoxy) is 1. The number of rotatable bonds is 5. The minimum atomic E-state index is -3.72. The van der Waals surface area contributed by atoms with Gasteiger partial charge >= 0.3 is 5.97 Å². The van der Waals surface area contributed by atoms with E-state index in [4.69, 9.17) is 15.4 Å². The number of hydrogen-bond acceptors (Lipinski definition) is 5. The molecule has 0 atom stereocenters. The molecule has 0 fully saturated rings. The van der Waals surface area contributed by atoms with Gasteiger partial charge < -0.3 is 4.74 Å². The van der Waals surface area contributed by atoms with Gasteiger partial charge in [0.1, 0.15) is 4.21 Å². The summed E-state index contributed by atoms with van der Waals surface area (Å²) in [5.74, 6) is -0.357. The minimum absolute atomic E-state index is 0.0478. The van der Waals surface area contributed by atoms with Gasteiger partial charge in [-0.3, -0.25) is 4.79 Å².